The van der Waals surface area contributed by atoms with Crippen LogP contribution in [0.5, 0.6) is 0 Å². The van der Waals surface area contributed by atoms with Crippen molar-refractivity contribution in [2.45, 2.75) is 39.3 Å². The van der Waals surface area contributed by atoms with Gasteiger partial charge in [0.05, 0.1) is 0 Å². The molecule has 72 valence electrons. The second-order valence-corrected chi connectivity index (χ2v) is 11.1. The molecule has 0 spiro atoms. The molecule has 0 aromatic heterocycles. The molecule has 0 atom stereocenters. The predicted molar refractivity (Wildman–Crippen MR) is 55.7 cm³/mol. The summed E-state index contributed by atoms with van der Waals surface area (Å²) < 4.78 is 16.1. The first-order valence-corrected chi connectivity index (χ1v) is 11.6. The Morgan fingerprint density at radius 2 is 1.42 bits per heavy atom. The summed E-state index contributed by atoms with van der Waals surface area (Å²) in [7, 11) is -3.41. The Hall–Kier alpha value is 0.531. The minimum atomic E-state index is -1.98. The summed E-state index contributed by atoms with van der Waals surface area (Å²) in [6.45, 7) is 12.3. The molecule has 0 aliphatic heterocycles. The van der Waals surface area contributed by atoms with E-state index in [1.54, 1.807) is 0 Å². The Kier molecular flexibility index (Phi) is 5.54. The maximum atomic E-state index is 5.70. The van der Waals surface area contributed by atoms with Crippen LogP contribution in [0.4, 0.5) is 0 Å². The number of hydrogen-bond acceptors (Lipinski definition) is 3. The van der Waals surface area contributed by atoms with Gasteiger partial charge in [-0.25, -0.2) is 0 Å². The maximum Gasteiger partial charge on any atom is 0.357 e. The normalized spacial score (nSPS) is 13.0. The highest BCUT2D eigenvalue weighted by Crippen LogP contribution is 2.09. The Bertz CT molecular complexity index is 127. The van der Waals surface area contributed by atoms with Crippen molar-refractivity contribution in [1.82, 2.24) is 0 Å². The smallest absolute Gasteiger partial charge is 0.357 e. The van der Waals surface area contributed by atoms with Crippen LogP contribution in [0.3, 0.4) is 0 Å². The second kappa shape index (κ2) is 5.30. The minimum Gasteiger partial charge on any atom is -0.435 e. The molecule has 0 aromatic carbocycles. The van der Waals surface area contributed by atoms with Gasteiger partial charge in [-0.3, -0.25) is 9.15 Å². The van der Waals surface area contributed by atoms with Crippen LogP contribution in [-0.2, 0) is 13.3 Å². The molecule has 6 heteroatoms. The van der Waals surface area contributed by atoms with Gasteiger partial charge >= 0.3 is 8.56 Å². The van der Waals surface area contributed by atoms with Crippen LogP contribution in [0.25, 0.3) is 0 Å². The van der Waals surface area contributed by atoms with Gasteiger partial charge < -0.3 is 4.12 Å². The molecule has 0 aromatic rings. The summed E-state index contributed by atoms with van der Waals surface area (Å²) in [5.41, 5.74) is 0. The molecule has 0 amide bonds. The lowest BCUT2D eigenvalue weighted by Crippen LogP contribution is -2.40. The van der Waals surface area contributed by atoms with Crippen LogP contribution in [0.15, 0.2) is 0 Å². The third-order valence-electron chi connectivity index (χ3n) is 0.859. The van der Waals surface area contributed by atoms with Crippen LogP contribution in [-0.4, -0.2) is 26.6 Å². The standard InChI is InChI=1S/C6H18O3Si3/c1-10(2)7-8-12(5,6)9-11(3)4/h1-6H3. The van der Waals surface area contributed by atoms with Gasteiger partial charge in [0.1, 0.15) is 0 Å². The fourth-order valence-electron chi connectivity index (χ4n) is 0.692. The van der Waals surface area contributed by atoms with Gasteiger partial charge in [-0.05, 0) is 39.3 Å². The van der Waals surface area contributed by atoms with Crippen molar-refractivity contribution in [2.75, 3.05) is 0 Å². The summed E-state index contributed by atoms with van der Waals surface area (Å²) in [4.78, 5) is 0. The van der Waals surface area contributed by atoms with E-state index in [2.05, 4.69) is 13.1 Å². The minimum absolute atomic E-state index is 0.671. The summed E-state index contributed by atoms with van der Waals surface area (Å²) in [6, 6.07) is 0. The van der Waals surface area contributed by atoms with E-state index >= 15 is 0 Å². The Labute approximate surface area is 79.7 Å². The molecule has 0 fully saturated rings. The van der Waals surface area contributed by atoms with Crippen molar-refractivity contribution in [3.05, 3.63) is 0 Å². The first-order valence-electron chi connectivity index (χ1n) is 3.98. The van der Waals surface area contributed by atoms with E-state index in [0.29, 0.717) is 0 Å². The molecular weight excluding hydrogens is 204 g/mol. The van der Waals surface area contributed by atoms with Crippen LogP contribution in [0.1, 0.15) is 0 Å². The van der Waals surface area contributed by atoms with Gasteiger partial charge in [-0.15, -0.1) is 0 Å². The van der Waals surface area contributed by atoms with E-state index in [4.69, 9.17) is 13.3 Å². The fourth-order valence-corrected chi connectivity index (χ4v) is 6.23. The Balaban J connectivity index is 3.71. The van der Waals surface area contributed by atoms with Crippen molar-refractivity contribution in [2.24, 2.45) is 0 Å². The average molecular weight is 222 g/mol. The lowest BCUT2D eigenvalue weighted by molar-refractivity contribution is -0.130. The van der Waals surface area contributed by atoms with Gasteiger partial charge in [-0.2, -0.15) is 0 Å². The summed E-state index contributed by atoms with van der Waals surface area (Å²) in [6.07, 6.45) is 0. The van der Waals surface area contributed by atoms with E-state index in [9.17, 15) is 0 Å². The molecule has 2 radical (unpaired) electrons. The van der Waals surface area contributed by atoms with Crippen molar-refractivity contribution in [1.29, 1.82) is 0 Å². The van der Waals surface area contributed by atoms with Gasteiger partial charge in [0, 0.05) is 0 Å². The fraction of sp³-hybridized carbons (Fsp3) is 1.00. The molecule has 0 saturated heterocycles. The first kappa shape index (κ1) is 12.5. The number of hydrogen-bond donors (Lipinski definition) is 0. The molecule has 0 N–H and O–H groups in total. The molecular formula is C6H18O3Si3. The molecule has 0 aliphatic carbocycles. The number of rotatable bonds is 5. The van der Waals surface area contributed by atoms with Gasteiger partial charge in [0.2, 0.25) is 0 Å². The molecule has 3 nitrogen and oxygen atoms in total. The van der Waals surface area contributed by atoms with Crippen LogP contribution in [0.2, 0.25) is 39.3 Å². The lowest BCUT2D eigenvalue weighted by atomic mass is 11.9. The highest BCUT2D eigenvalue weighted by molar-refractivity contribution is 6.72. The zero-order chi connectivity index (χ0) is 9.78. The lowest BCUT2D eigenvalue weighted by Gasteiger charge is -2.24. The predicted octanol–water partition coefficient (Wildman–Crippen LogP) is 2.16. The monoisotopic (exact) mass is 222 g/mol. The van der Waals surface area contributed by atoms with Crippen molar-refractivity contribution >= 4 is 26.6 Å². The van der Waals surface area contributed by atoms with Crippen molar-refractivity contribution in [3.8, 4) is 0 Å². The maximum absolute atomic E-state index is 5.70. The second-order valence-electron chi connectivity index (χ2n) is 3.49. The van der Waals surface area contributed by atoms with E-state index in [1.165, 1.54) is 0 Å². The van der Waals surface area contributed by atoms with E-state index < -0.39 is 26.6 Å². The van der Waals surface area contributed by atoms with Crippen molar-refractivity contribution < 1.29 is 13.3 Å². The quantitative estimate of drug-likeness (QED) is 0.405. The zero-order valence-corrected chi connectivity index (χ0v) is 11.7. The van der Waals surface area contributed by atoms with E-state index in [-0.39, 0.29) is 0 Å². The SMILES string of the molecule is C[Si](C)OO[Si](C)(C)O[Si](C)C. The van der Waals surface area contributed by atoms with Gasteiger partial charge in [-0.1, -0.05) is 0 Å². The molecule has 0 heterocycles. The summed E-state index contributed by atoms with van der Waals surface area (Å²) >= 11 is 0. The zero-order valence-electron chi connectivity index (χ0n) is 8.72. The van der Waals surface area contributed by atoms with Crippen LogP contribution in [0, 0.1) is 0 Å². The summed E-state index contributed by atoms with van der Waals surface area (Å²) in [5.74, 6) is 0. The Morgan fingerprint density at radius 1 is 0.917 bits per heavy atom. The molecule has 0 rings (SSSR count). The van der Waals surface area contributed by atoms with Crippen molar-refractivity contribution in [3.63, 3.8) is 0 Å². The molecule has 0 unspecified atom stereocenters. The third kappa shape index (κ3) is 7.19. The third-order valence-corrected chi connectivity index (χ3v) is 5.53. The first-order chi connectivity index (χ1) is 5.33. The highest BCUT2D eigenvalue weighted by Gasteiger charge is 2.28. The topological polar surface area (TPSA) is 27.7 Å². The summed E-state index contributed by atoms with van der Waals surface area (Å²) in [5, 5.41) is 0. The molecule has 0 saturated carbocycles. The molecule has 0 bridgehead atoms. The molecule has 12 heavy (non-hydrogen) atoms. The van der Waals surface area contributed by atoms with E-state index in [0.717, 1.165) is 0 Å². The average Bonchev–Trinajstić information content (AvgIpc) is 1.81. The molecule has 0 aliphatic rings. The van der Waals surface area contributed by atoms with Gasteiger partial charge in [0.15, 0.2) is 9.04 Å². The highest BCUT2D eigenvalue weighted by atomic mass is 28.4. The van der Waals surface area contributed by atoms with Crippen LogP contribution < -0.4 is 0 Å². The van der Waals surface area contributed by atoms with Crippen LogP contribution >= 0.6 is 0 Å². The van der Waals surface area contributed by atoms with E-state index in [1.807, 2.05) is 26.2 Å². The van der Waals surface area contributed by atoms with Gasteiger partial charge in [0.25, 0.3) is 9.04 Å². The Morgan fingerprint density at radius 3 is 1.75 bits per heavy atom. The largest absolute Gasteiger partial charge is 0.435 e.